The molecule has 1 aromatic rings. The third-order valence-corrected chi connectivity index (χ3v) is 10.1. The maximum atomic E-state index is 13.9. The molecular weight excluding hydrogens is 811 g/mol. The highest BCUT2D eigenvalue weighted by Gasteiger charge is 2.35. The second-order valence-electron chi connectivity index (χ2n) is 16.2. The summed E-state index contributed by atoms with van der Waals surface area (Å²) in [4.78, 5) is 106. The standard InChI is InChI=1S/C41H69N9O12/c1-8-23(6)33(40(60)49-32(22(4)5)41(61)62)50-38(58)29(17-21(2)3)46-36(56)28(11-9-10-16-42)45-34(54)24(7)44-37(57)30(18-25-12-14-26(53)15-13-25)47-39(59)31(20-52)48-35(55)27(43)19-51/h12-15,21-24,27-33,51-53H,8-11,16-20,42-43H2,1-7H3,(H,44,57)(H,45,54)(H,46,56)(H,47,59)(H,48,55)(H,49,60)(H,50,58)(H,61,62)/t23-,24-,27-,28-,29-,30-,31-,32-,33-/m0/s1. The Bertz CT molecular complexity index is 1650. The number of nitrogens with two attached hydrogens (primary N) is 2. The van der Waals surface area contributed by atoms with Crippen molar-refractivity contribution in [1.29, 1.82) is 0 Å². The number of hydrogen-bond donors (Lipinski definition) is 13. The average Bonchev–Trinajstić information content (AvgIpc) is 3.22. The van der Waals surface area contributed by atoms with Crippen molar-refractivity contribution in [1.82, 2.24) is 37.2 Å². The molecule has 21 heteroatoms. The predicted octanol–water partition coefficient (Wildman–Crippen LogP) is -2.38. The average molecular weight is 880 g/mol. The van der Waals surface area contributed by atoms with Gasteiger partial charge >= 0.3 is 5.97 Å². The highest BCUT2D eigenvalue weighted by atomic mass is 16.4. The number of aromatic hydroxyl groups is 1. The van der Waals surface area contributed by atoms with E-state index in [1.807, 2.05) is 13.8 Å². The van der Waals surface area contributed by atoms with Crippen LogP contribution in [0.25, 0.3) is 0 Å². The van der Waals surface area contributed by atoms with Gasteiger partial charge < -0.3 is 69.1 Å². The van der Waals surface area contributed by atoms with E-state index in [2.05, 4.69) is 37.2 Å². The Morgan fingerprint density at radius 3 is 1.65 bits per heavy atom. The largest absolute Gasteiger partial charge is 0.508 e. The molecule has 21 nitrogen and oxygen atoms in total. The van der Waals surface area contributed by atoms with Crippen LogP contribution in [0.2, 0.25) is 0 Å². The Hall–Kier alpha value is -5.38. The second-order valence-corrected chi connectivity index (χ2v) is 16.2. The van der Waals surface area contributed by atoms with Crippen LogP contribution in [0.3, 0.4) is 0 Å². The van der Waals surface area contributed by atoms with Gasteiger partial charge in [0.25, 0.3) is 0 Å². The van der Waals surface area contributed by atoms with E-state index in [4.69, 9.17) is 11.5 Å². The number of carbonyl (C=O) groups excluding carboxylic acids is 7. The molecule has 350 valence electrons. The summed E-state index contributed by atoms with van der Waals surface area (Å²) in [5.41, 5.74) is 11.7. The summed E-state index contributed by atoms with van der Waals surface area (Å²) in [6.07, 6.45) is 1.38. The SMILES string of the molecule is CC[C@H](C)[C@H](NC(=O)[C@H](CC(C)C)NC(=O)[C@H](CCCCN)NC(=O)[C@H](C)NC(=O)[C@H](Cc1ccc(O)cc1)NC(=O)[C@H](CO)NC(=O)[C@@H](N)CO)C(=O)N[C@H](C(=O)O)C(C)C. The zero-order chi connectivity index (χ0) is 47.3. The van der Waals surface area contributed by atoms with E-state index >= 15 is 0 Å². The third-order valence-electron chi connectivity index (χ3n) is 10.1. The van der Waals surface area contributed by atoms with Gasteiger partial charge in [0.2, 0.25) is 41.4 Å². The van der Waals surface area contributed by atoms with E-state index in [9.17, 15) is 58.8 Å². The third kappa shape index (κ3) is 18.7. The minimum Gasteiger partial charge on any atom is -0.508 e. The van der Waals surface area contributed by atoms with Crippen LogP contribution >= 0.6 is 0 Å². The van der Waals surface area contributed by atoms with E-state index in [-0.39, 0.29) is 37.5 Å². The lowest BCUT2D eigenvalue weighted by atomic mass is 9.95. The Morgan fingerprint density at radius 2 is 1.13 bits per heavy atom. The number of phenolic OH excluding ortho intramolecular Hbond substituents is 1. The van der Waals surface area contributed by atoms with Crippen LogP contribution in [0, 0.1) is 17.8 Å². The van der Waals surface area contributed by atoms with Crippen molar-refractivity contribution in [3.05, 3.63) is 29.8 Å². The summed E-state index contributed by atoms with van der Waals surface area (Å²) in [6.45, 7) is 10.4. The van der Waals surface area contributed by atoms with E-state index in [0.717, 1.165) is 0 Å². The van der Waals surface area contributed by atoms with Gasteiger partial charge in [-0.25, -0.2) is 4.79 Å². The lowest BCUT2D eigenvalue weighted by Gasteiger charge is -2.30. The lowest BCUT2D eigenvalue weighted by Crippen LogP contribution is -2.61. The van der Waals surface area contributed by atoms with Crippen molar-refractivity contribution < 1.29 is 58.8 Å². The number of carboxylic acids is 1. The first-order valence-electron chi connectivity index (χ1n) is 20.9. The summed E-state index contributed by atoms with van der Waals surface area (Å²) in [5, 5.41) is 56.0. The van der Waals surface area contributed by atoms with Crippen molar-refractivity contribution in [2.24, 2.45) is 29.2 Å². The van der Waals surface area contributed by atoms with Crippen LogP contribution in [0.1, 0.15) is 86.1 Å². The fourth-order valence-corrected chi connectivity index (χ4v) is 6.03. The summed E-state index contributed by atoms with van der Waals surface area (Å²) < 4.78 is 0. The molecule has 1 rings (SSSR count). The number of carboxylic acid groups (broad SMARTS) is 1. The van der Waals surface area contributed by atoms with Crippen molar-refractivity contribution >= 4 is 47.3 Å². The van der Waals surface area contributed by atoms with Crippen LogP contribution in [-0.4, -0.2) is 136 Å². The molecule has 0 spiro atoms. The lowest BCUT2D eigenvalue weighted by molar-refractivity contribution is -0.144. The van der Waals surface area contributed by atoms with Crippen LogP contribution in [-0.2, 0) is 44.8 Å². The molecule has 0 aromatic heterocycles. The number of aliphatic hydroxyl groups is 2. The topological polar surface area (TPSA) is 354 Å². The molecule has 0 bridgehead atoms. The fourth-order valence-electron chi connectivity index (χ4n) is 6.03. The first-order valence-corrected chi connectivity index (χ1v) is 20.9. The Balaban J connectivity index is 3.32. The van der Waals surface area contributed by atoms with Gasteiger partial charge in [-0.1, -0.05) is 60.1 Å². The van der Waals surface area contributed by atoms with Gasteiger partial charge in [0.15, 0.2) is 0 Å². The maximum absolute atomic E-state index is 13.9. The van der Waals surface area contributed by atoms with Gasteiger partial charge in [0.1, 0.15) is 54.1 Å². The Morgan fingerprint density at radius 1 is 0.613 bits per heavy atom. The number of benzene rings is 1. The molecule has 15 N–H and O–H groups in total. The molecule has 0 radical (unpaired) electrons. The Kier molecular flexibility index (Phi) is 24.3. The normalized spacial score (nSPS) is 15.6. The highest BCUT2D eigenvalue weighted by molar-refractivity contribution is 5.97. The van der Waals surface area contributed by atoms with Crippen LogP contribution in [0.5, 0.6) is 5.75 Å². The molecule has 9 atom stereocenters. The van der Waals surface area contributed by atoms with Gasteiger partial charge in [-0.05, 0) is 74.6 Å². The van der Waals surface area contributed by atoms with Gasteiger partial charge in [-0.2, -0.15) is 0 Å². The number of rotatable bonds is 28. The quantitative estimate of drug-likeness (QED) is 0.0391. The molecule has 0 heterocycles. The maximum Gasteiger partial charge on any atom is 0.326 e. The first-order chi connectivity index (χ1) is 29.1. The molecule has 0 saturated heterocycles. The molecule has 0 unspecified atom stereocenters. The molecule has 62 heavy (non-hydrogen) atoms. The summed E-state index contributed by atoms with van der Waals surface area (Å²) in [7, 11) is 0. The predicted molar refractivity (Wildman–Crippen MR) is 227 cm³/mol. The minimum atomic E-state index is -1.57. The van der Waals surface area contributed by atoms with E-state index in [1.54, 1.807) is 27.7 Å². The van der Waals surface area contributed by atoms with Gasteiger partial charge in [-0.3, -0.25) is 33.6 Å². The number of nitrogens with one attached hydrogen (secondary N) is 7. The molecule has 7 amide bonds. The molecular formula is C41H69N9O12. The Labute approximate surface area is 362 Å². The summed E-state index contributed by atoms with van der Waals surface area (Å²) in [5.74, 6) is -8.03. The van der Waals surface area contributed by atoms with E-state index in [1.165, 1.54) is 31.2 Å². The van der Waals surface area contributed by atoms with E-state index in [0.29, 0.717) is 24.8 Å². The van der Waals surface area contributed by atoms with Crippen molar-refractivity contribution in [2.75, 3.05) is 19.8 Å². The number of carbonyl (C=O) groups is 8. The van der Waals surface area contributed by atoms with Gasteiger partial charge in [0.05, 0.1) is 13.2 Å². The first kappa shape index (κ1) is 54.6. The van der Waals surface area contributed by atoms with Gasteiger partial charge in [0, 0.05) is 6.42 Å². The van der Waals surface area contributed by atoms with Crippen LogP contribution < -0.4 is 48.7 Å². The number of hydrogen-bond acceptors (Lipinski definition) is 13. The zero-order valence-corrected chi connectivity index (χ0v) is 36.7. The molecule has 0 fully saturated rings. The number of aliphatic hydroxyl groups excluding tert-OH is 2. The zero-order valence-electron chi connectivity index (χ0n) is 36.7. The number of aliphatic carboxylic acids is 1. The fraction of sp³-hybridized carbons (Fsp3) is 0.659. The van der Waals surface area contributed by atoms with Crippen molar-refractivity contribution in [3.8, 4) is 5.75 Å². The van der Waals surface area contributed by atoms with Crippen LogP contribution in [0.4, 0.5) is 0 Å². The summed E-state index contributed by atoms with van der Waals surface area (Å²) >= 11 is 0. The number of unbranched alkanes of at least 4 members (excludes halogenated alkanes) is 1. The minimum absolute atomic E-state index is 0.0657. The number of phenols is 1. The van der Waals surface area contributed by atoms with Crippen LogP contribution in [0.15, 0.2) is 24.3 Å². The molecule has 1 aromatic carbocycles. The molecule has 0 aliphatic rings. The van der Waals surface area contributed by atoms with Gasteiger partial charge in [-0.15, -0.1) is 0 Å². The molecule has 0 aliphatic heterocycles. The van der Waals surface area contributed by atoms with E-state index < -0.39 is 121 Å². The second kappa shape index (κ2) is 27.5. The number of amides is 7. The summed E-state index contributed by atoms with van der Waals surface area (Å²) in [6, 6.07) is -4.74. The van der Waals surface area contributed by atoms with Crippen molar-refractivity contribution in [3.63, 3.8) is 0 Å². The highest BCUT2D eigenvalue weighted by Crippen LogP contribution is 2.14. The molecule has 0 saturated carbocycles. The van der Waals surface area contributed by atoms with Crippen molar-refractivity contribution in [2.45, 2.75) is 135 Å². The smallest absolute Gasteiger partial charge is 0.326 e. The monoisotopic (exact) mass is 880 g/mol. The molecule has 0 aliphatic carbocycles.